The summed E-state index contributed by atoms with van der Waals surface area (Å²) in [6, 6.07) is 15.4. The SMILES string of the molecule is OC1(COc2ccc(Cl)c(Cl)c2)CCCN(Cc2cccc(OCCCn3cccn3)c2)CC1. The van der Waals surface area contributed by atoms with Gasteiger partial charge in [-0.1, -0.05) is 35.3 Å². The van der Waals surface area contributed by atoms with Gasteiger partial charge in [-0.2, -0.15) is 5.10 Å². The van der Waals surface area contributed by atoms with E-state index in [-0.39, 0.29) is 6.61 Å². The van der Waals surface area contributed by atoms with Crippen molar-refractivity contribution in [3.05, 3.63) is 76.5 Å². The van der Waals surface area contributed by atoms with Crippen LogP contribution < -0.4 is 9.47 Å². The van der Waals surface area contributed by atoms with Crippen molar-refractivity contribution in [2.75, 3.05) is 26.3 Å². The van der Waals surface area contributed by atoms with Crippen molar-refractivity contribution in [3.63, 3.8) is 0 Å². The molecule has 6 nitrogen and oxygen atoms in total. The van der Waals surface area contributed by atoms with Crippen LogP contribution in [0.4, 0.5) is 0 Å². The lowest BCUT2D eigenvalue weighted by Gasteiger charge is -2.27. The number of likely N-dealkylation sites (tertiary alicyclic amines) is 1. The molecule has 1 aliphatic heterocycles. The van der Waals surface area contributed by atoms with Crippen molar-refractivity contribution >= 4 is 23.2 Å². The lowest BCUT2D eigenvalue weighted by Crippen LogP contribution is -2.37. The molecular formula is C26H31Cl2N3O3. The molecule has 34 heavy (non-hydrogen) atoms. The lowest BCUT2D eigenvalue weighted by molar-refractivity contribution is -0.0168. The second-order valence-electron chi connectivity index (χ2n) is 8.84. The number of aromatic nitrogens is 2. The molecule has 1 N–H and O–H groups in total. The Morgan fingerprint density at radius 2 is 1.85 bits per heavy atom. The summed E-state index contributed by atoms with van der Waals surface area (Å²) < 4.78 is 13.7. The second kappa shape index (κ2) is 11.9. The fraction of sp³-hybridized carbons (Fsp3) is 0.423. The number of hydrogen-bond acceptors (Lipinski definition) is 5. The molecule has 0 spiro atoms. The van der Waals surface area contributed by atoms with Crippen molar-refractivity contribution in [1.82, 2.24) is 14.7 Å². The van der Waals surface area contributed by atoms with Crippen LogP contribution in [0.5, 0.6) is 11.5 Å². The molecule has 0 saturated carbocycles. The van der Waals surface area contributed by atoms with E-state index in [2.05, 4.69) is 22.1 Å². The van der Waals surface area contributed by atoms with Crippen molar-refractivity contribution in [1.29, 1.82) is 0 Å². The summed E-state index contributed by atoms with van der Waals surface area (Å²) in [4.78, 5) is 2.38. The zero-order valence-electron chi connectivity index (χ0n) is 19.2. The third-order valence-corrected chi connectivity index (χ3v) is 6.81. The van der Waals surface area contributed by atoms with Gasteiger partial charge in [-0.05, 0) is 61.7 Å². The fourth-order valence-electron chi connectivity index (χ4n) is 4.16. The predicted octanol–water partition coefficient (Wildman–Crippen LogP) is 5.46. The molecule has 3 aromatic rings. The largest absolute Gasteiger partial charge is 0.494 e. The Labute approximate surface area is 211 Å². The second-order valence-corrected chi connectivity index (χ2v) is 9.65. The van der Waals surface area contributed by atoms with Crippen molar-refractivity contribution in [2.45, 2.75) is 44.4 Å². The van der Waals surface area contributed by atoms with E-state index in [9.17, 15) is 5.11 Å². The van der Waals surface area contributed by atoms with Gasteiger partial charge in [-0.15, -0.1) is 0 Å². The summed E-state index contributed by atoms with van der Waals surface area (Å²) in [5.74, 6) is 1.50. The molecule has 4 rings (SSSR count). The van der Waals surface area contributed by atoms with Gasteiger partial charge in [-0.3, -0.25) is 9.58 Å². The summed E-state index contributed by atoms with van der Waals surface area (Å²) in [6.45, 7) is 4.30. The van der Waals surface area contributed by atoms with Crippen LogP contribution in [0.1, 0.15) is 31.2 Å². The molecule has 0 radical (unpaired) electrons. The third kappa shape index (κ3) is 7.37. The van der Waals surface area contributed by atoms with Crippen LogP contribution in [0.15, 0.2) is 60.9 Å². The molecule has 2 heterocycles. The van der Waals surface area contributed by atoms with E-state index in [1.54, 1.807) is 24.4 Å². The molecule has 0 amide bonds. The van der Waals surface area contributed by atoms with Gasteiger partial charge in [0, 0.05) is 44.5 Å². The standard InChI is InChI=1S/C26H31Cl2N3O3/c27-24-8-7-23(18-25(24)28)34-20-26(32)9-2-12-30(15-10-26)19-21-5-1-6-22(17-21)33-16-4-14-31-13-3-11-29-31/h1,3,5-8,11,13,17-18,32H,2,4,9-10,12,14-16,19-20H2. The predicted molar refractivity (Wildman–Crippen MR) is 135 cm³/mol. The molecule has 0 bridgehead atoms. The molecule has 0 aliphatic carbocycles. The monoisotopic (exact) mass is 503 g/mol. The number of benzene rings is 2. The molecule has 1 atom stereocenters. The molecule has 1 unspecified atom stereocenters. The number of rotatable bonds is 10. The van der Waals surface area contributed by atoms with Crippen LogP contribution in [0.25, 0.3) is 0 Å². The number of nitrogens with zero attached hydrogens (tertiary/aromatic N) is 3. The van der Waals surface area contributed by atoms with Gasteiger partial charge in [-0.25, -0.2) is 0 Å². The third-order valence-electron chi connectivity index (χ3n) is 6.07. The minimum Gasteiger partial charge on any atom is -0.494 e. The van der Waals surface area contributed by atoms with Crippen LogP contribution >= 0.6 is 23.2 Å². The van der Waals surface area contributed by atoms with E-state index < -0.39 is 5.60 Å². The minimum absolute atomic E-state index is 0.237. The molecule has 8 heteroatoms. The average Bonchev–Trinajstić information content (AvgIpc) is 3.28. The van der Waals surface area contributed by atoms with Crippen LogP contribution in [-0.2, 0) is 13.1 Å². The first kappa shape index (κ1) is 24.9. The Bertz CT molecular complexity index is 1050. The Hall–Kier alpha value is -2.25. The highest BCUT2D eigenvalue weighted by atomic mass is 35.5. The maximum atomic E-state index is 11.1. The molecule has 1 fully saturated rings. The Kier molecular flexibility index (Phi) is 8.73. The first-order chi connectivity index (χ1) is 16.5. The van der Waals surface area contributed by atoms with Crippen LogP contribution in [0.2, 0.25) is 10.0 Å². The minimum atomic E-state index is -0.861. The Balaban J connectivity index is 1.23. The maximum Gasteiger partial charge on any atom is 0.121 e. The summed E-state index contributed by atoms with van der Waals surface area (Å²) >= 11 is 12.0. The van der Waals surface area contributed by atoms with Gasteiger partial charge in [0.15, 0.2) is 0 Å². The van der Waals surface area contributed by atoms with Gasteiger partial charge in [0.25, 0.3) is 0 Å². The topological polar surface area (TPSA) is 59.8 Å². The van der Waals surface area contributed by atoms with E-state index in [4.69, 9.17) is 32.7 Å². The maximum absolute atomic E-state index is 11.1. The van der Waals surface area contributed by atoms with Crippen molar-refractivity contribution < 1.29 is 14.6 Å². The van der Waals surface area contributed by atoms with Gasteiger partial charge < -0.3 is 14.6 Å². The molecule has 1 aliphatic rings. The average molecular weight is 504 g/mol. The number of ether oxygens (including phenoxy) is 2. The van der Waals surface area contributed by atoms with E-state index in [0.717, 1.165) is 44.8 Å². The van der Waals surface area contributed by atoms with Crippen molar-refractivity contribution in [3.8, 4) is 11.5 Å². The number of hydrogen-bond donors (Lipinski definition) is 1. The smallest absolute Gasteiger partial charge is 0.121 e. The lowest BCUT2D eigenvalue weighted by atomic mass is 9.96. The highest BCUT2D eigenvalue weighted by Crippen LogP contribution is 2.29. The molecule has 1 saturated heterocycles. The van der Waals surface area contributed by atoms with Gasteiger partial charge in [0.2, 0.25) is 0 Å². The van der Waals surface area contributed by atoms with E-state index in [1.807, 2.05) is 29.1 Å². The highest BCUT2D eigenvalue weighted by molar-refractivity contribution is 6.42. The summed E-state index contributed by atoms with van der Waals surface area (Å²) in [6.07, 6.45) is 6.91. The Morgan fingerprint density at radius 1 is 0.971 bits per heavy atom. The normalized spacial score (nSPS) is 19.0. The molecule has 182 valence electrons. The van der Waals surface area contributed by atoms with Gasteiger partial charge in [0.05, 0.1) is 22.3 Å². The summed E-state index contributed by atoms with van der Waals surface area (Å²) in [5, 5.41) is 16.3. The van der Waals surface area contributed by atoms with Gasteiger partial charge >= 0.3 is 0 Å². The number of halogens is 2. The number of aryl methyl sites for hydroxylation is 1. The van der Waals surface area contributed by atoms with Crippen LogP contribution in [0.3, 0.4) is 0 Å². The van der Waals surface area contributed by atoms with Crippen LogP contribution in [0, 0.1) is 0 Å². The van der Waals surface area contributed by atoms with E-state index in [0.29, 0.717) is 35.2 Å². The van der Waals surface area contributed by atoms with E-state index >= 15 is 0 Å². The fourth-order valence-corrected chi connectivity index (χ4v) is 4.45. The summed E-state index contributed by atoms with van der Waals surface area (Å²) in [5.41, 5.74) is 0.350. The quantitative estimate of drug-likeness (QED) is 0.372. The molecular weight excluding hydrogens is 473 g/mol. The van der Waals surface area contributed by atoms with Crippen LogP contribution in [-0.4, -0.2) is 51.7 Å². The Morgan fingerprint density at radius 3 is 2.68 bits per heavy atom. The highest BCUT2D eigenvalue weighted by Gasteiger charge is 2.31. The first-order valence-electron chi connectivity index (χ1n) is 11.7. The summed E-state index contributed by atoms with van der Waals surface area (Å²) in [7, 11) is 0. The molecule has 1 aromatic heterocycles. The number of aliphatic hydroxyl groups is 1. The van der Waals surface area contributed by atoms with E-state index in [1.165, 1.54) is 5.56 Å². The zero-order chi connectivity index (χ0) is 23.8. The molecule has 2 aromatic carbocycles. The van der Waals surface area contributed by atoms with Gasteiger partial charge in [0.1, 0.15) is 18.1 Å². The zero-order valence-corrected chi connectivity index (χ0v) is 20.7. The van der Waals surface area contributed by atoms with Crippen molar-refractivity contribution in [2.24, 2.45) is 0 Å². The first-order valence-corrected chi connectivity index (χ1v) is 12.5.